The number of nitrogens with zero attached hydrogens (tertiary/aromatic N) is 2. The molecule has 1 saturated heterocycles. The summed E-state index contributed by atoms with van der Waals surface area (Å²) in [6.07, 6.45) is 2.60. The average molecular weight is 562 g/mol. The van der Waals surface area contributed by atoms with Crippen LogP contribution >= 0.6 is 39.9 Å². The highest BCUT2D eigenvalue weighted by atomic mass is 127. The minimum Gasteiger partial charge on any atom is -0.467 e. The van der Waals surface area contributed by atoms with Gasteiger partial charge in [0.25, 0.3) is 0 Å². The van der Waals surface area contributed by atoms with E-state index in [1.54, 1.807) is 19.4 Å². The summed E-state index contributed by atoms with van der Waals surface area (Å²) in [5, 5.41) is 9.25. The molecule has 2 heterocycles. The van der Waals surface area contributed by atoms with Crippen molar-refractivity contribution in [3.8, 4) is 0 Å². The third-order valence-electron chi connectivity index (χ3n) is 4.40. The van der Waals surface area contributed by atoms with Gasteiger partial charge >= 0.3 is 0 Å². The van der Waals surface area contributed by atoms with Crippen molar-refractivity contribution in [2.75, 3.05) is 31.6 Å². The molecule has 152 valence electrons. The first-order valence-electron chi connectivity index (χ1n) is 8.91. The Labute approximate surface area is 190 Å². The minimum absolute atomic E-state index is 0. The van der Waals surface area contributed by atoms with Crippen molar-refractivity contribution >= 4 is 57.5 Å². The molecular weight excluding hydrogens is 537 g/mol. The Hall–Kier alpha value is -1.75. The van der Waals surface area contributed by atoms with E-state index in [-0.39, 0.29) is 42.5 Å². The predicted octanol–water partition coefficient (Wildman–Crippen LogP) is 2.72. The molecule has 0 saturated carbocycles. The zero-order chi connectivity index (χ0) is 19.1. The highest BCUT2D eigenvalue weighted by Gasteiger charge is 2.23. The number of guanidine groups is 1. The number of rotatable bonds is 6. The molecule has 1 aliphatic heterocycles. The average Bonchev–Trinajstić information content (AvgIpc) is 3.36. The largest absolute Gasteiger partial charge is 0.467 e. The predicted molar refractivity (Wildman–Crippen MR) is 125 cm³/mol. The molecule has 0 bridgehead atoms. The number of halogens is 2. The van der Waals surface area contributed by atoms with E-state index in [4.69, 9.17) is 4.42 Å². The van der Waals surface area contributed by atoms with Gasteiger partial charge in [0.05, 0.1) is 19.4 Å². The van der Waals surface area contributed by atoms with Gasteiger partial charge in [0.2, 0.25) is 5.91 Å². The molecule has 2 aromatic rings. The number of carbonyl (C=O) groups excluding carboxylic acids is 1. The molecule has 1 unspecified atom stereocenters. The molecule has 1 fully saturated rings. The van der Waals surface area contributed by atoms with Crippen molar-refractivity contribution in [1.82, 2.24) is 16.0 Å². The van der Waals surface area contributed by atoms with Crippen molar-refractivity contribution in [2.45, 2.75) is 19.0 Å². The fourth-order valence-corrected chi connectivity index (χ4v) is 3.24. The van der Waals surface area contributed by atoms with Gasteiger partial charge in [0, 0.05) is 36.3 Å². The van der Waals surface area contributed by atoms with Crippen LogP contribution in [-0.4, -0.2) is 44.6 Å². The van der Waals surface area contributed by atoms with Crippen LogP contribution in [0.1, 0.15) is 12.2 Å². The summed E-state index contributed by atoms with van der Waals surface area (Å²) in [4.78, 5) is 18.5. The number of amides is 1. The molecule has 3 N–H and O–H groups in total. The standard InChI is InChI=1S/C19H24BrN5O2.HI/c1-21-19(23-12-18(26)22-11-17-3-2-10-27-17)24-15-8-9-25(13-15)16-6-4-14(20)5-7-16;/h2-7,10,15H,8-9,11-13H2,1H3,(H,22,26)(H2,21,23,24);1H. The molecule has 1 aromatic heterocycles. The van der Waals surface area contributed by atoms with Gasteiger partial charge in [-0.25, -0.2) is 0 Å². The molecule has 0 spiro atoms. The second kappa shape index (κ2) is 11.3. The zero-order valence-electron chi connectivity index (χ0n) is 15.7. The van der Waals surface area contributed by atoms with Crippen molar-refractivity contribution in [3.63, 3.8) is 0 Å². The topological polar surface area (TPSA) is 81.9 Å². The summed E-state index contributed by atoms with van der Waals surface area (Å²) in [5.74, 6) is 1.24. The Morgan fingerprint density at radius 3 is 2.75 bits per heavy atom. The molecule has 1 amide bonds. The smallest absolute Gasteiger partial charge is 0.239 e. The number of aliphatic imine (C=N–C) groups is 1. The molecule has 28 heavy (non-hydrogen) atoms. The van der Waals surface area contributed by atoms with Crippen molar-refractivity contribution in [2.24, 2.45) is 4.99 Å². The van der Waals surface area contributed by atoms with E-state index >= 15 is 0 Å². The van der Waals surface area contributed by atoms with E-state index in [2.05, 4.69) is 66.0 Å². The van der Waals surface area contributed by atoms with Gasteiger partial charge in [-0.15, -0.1) is 24.0 Å². The molecule has 1 aliphatic rings. The number of hydrogen-bond acceptors (Lipinski definition) is 4. The quantitative estimate of drug-likeness (QED) is 0.287. The summed E-state index contributed by atoms with van der Waals surface area (Å²) in [7, 11) is 1.71. The lowest BCUT2D eigenvalue weighted by molar-refractivity contribution is -0.120. The highest BCUT2D eigenvalue weighted by Crippen LogP contribution is 2.22. The molecule has 7 nitrogen and oxygen atoms in total. The third kappa shape index (κ3) is 6.69. The maximum atomic E-state index is 12.0. The normalized spacial score (nSPS) is 16.4. The van der Waals surface area contributed by atoms with Crippen LogP contribution in [0.25, 0.3) is 0 Å². The van der Waals surface area contributed by atoms with Gasteiger partial charge in [-0.3, -0.25) is 9.79 Å². The van der Waals surface area contributed by atoms with Crippen LogP contribution in [0.4, 0.5) is 5.69 Å². The van der Waals surface area contributed by atoms with Crippen LogP contribution in [0.3, 0.4) is 0 Å². The maximum absolute atomic E-state index is 12.0. The number of carbonyl (C=O) groups is 1. The number of hydrogen-bond donors (Lipinski definition) is 3. The lowest BCUT2D eigenvalue weighted by Gasteiger charge is -2.20. The van der Waals surface area contributed by atoms with E-state index < -0.39 is 0 Å². The molecule has 0 aliphatic carbocycles. The van der Waals surface area contributed by atoms with Crippen molar-refractivity contribution in [1.29, 1.82) is 0 Å². The van der Waals surface area contributed by atoms with E-state index in [1.165, 1.54) is 5.69 Å². The van der Waals surface area contributed by atoms with Crippen LogP contribution in [0.5, 0.6) is 0 Å². The molecule has 3 rings (SSSR count). The fourth-order valence-electron chi connectivity index (χ4n) is 2.98. The summed E-state index contributed by atoms with van der Waals surface area (Å²) in [6.45, 7) is 2.42. The van der Waals surface area contributed by atoms with Gasteiger partial charge < -0.3 is 25.3 Å². The summed E-state index contributed by atoms with van der Waals surface area (Å²) < 4.78 is 6.27. The van der Waals surface area contributed by atoms with Gasteiger partial charge in [-0.1, -0.05) is 15.9 Å². The first-order valence-corrected chi connectivity index (χ1v) is 9.70. The Kier molecular flexibility index (Phi) is 9.10. The lowest BCUT2D eigenvalue weighted by Crippen LogP contribution is -2.47. The van der Waals surface area contributed by atoms with E-state index in [0.29, 0.717) is 12.5 Å². The summed E-state index contributed by atoms with van der Waals surface area (Å²) in [5.41, 5.74) is 1.21. The summed E-state index contributed by atoms with van der Waals surface area (Å²) >= 11 is 3.47. The second-order valence-corrected chi connectivity index (χ2v) is 7.25. The SMILES string of the molecule is CN=C(NCC(=O)NCc1ccco1)NC1CCN(c2ccc(Br)cc2)C1.I. The van der Waals surface area contributed by atoms with Crippen LogP contribution < -0.4 is 20.9 Å². The van der Waals surface area contributed by atoms with E-state index in [9.17, 15) is 4.79 Å². The Balaban J connectivity index is 0.00000280. The van der Waals surface area contributed by atoms with Crippen LogP contribution in [0.15, 0.2) is 56.5 Å². The first kappa shape index (κ1) is 22.5. The molecular formula is C19H25BrIN5O2. The van der Waals surface area contributed by atoms with Gasteiger partial charge in [0.1, 0.15) is 5.76 Å². The molecule has 1 aromatic carbocycles. The second-order valence-electron chi connectivity index (χ2n) is 6.33. The van der Waals surface area contributed by atoms with Crippen LogP contribution in [0, 0.1) is 0 Å². The Bertz CT molecular complexity index is 767. The fraction of sp³-hybridized carbons (Fsp3) is 0.368. The molecule has 0 radical (unpaired) electrons. The number of nitrogens with one attached hydrogen (secondary N) is 3. The van der Waals surface area contributed by atoms with Crippen LogP contribution in [-0.2, 0) is 11.3 Å². The number of furan rings is 1. The number of benzene rings is 1. The number of anilines is 1. The summed E-state index contributed by atoms with van der Waals surface area (Å²) in [6, 6.07) is 12.2. The Morgan fingerprint density at radius 2 is 2.07 bits per heavy atom. The zero-order valence-corrected chi connectivity index (χ0v) is 19.6. The monoisotopic (exact) mass is 561 g/mol. The lowest BCUT2D eigenvalue weighted by atomic mass is 10.3. The highest BCUT2D eigenvalue weighted by molar-refractivity contribution is 14.0. The van der Waals surface area contributed by atoms with Gasteiger partial charge in [-0.05, 0) is 42.8 Å². The van der Waals surface area contributed by atoms with E-state index in [1.807, 2.05) is 6.07 Å². The molecule has 9 heteroatoms. The Morgan fingerprint density at radius 1 is 1.29 bits per heavy atom. The van der Waals surface area contributed by atoms with Crippen LogP contribution in [0.2, 0.25) is 0 Å². The van der Waals surface area contributed by atoms with Gasteiger partial charge in [-0.2, -0.15) is 0 Å². The van der Waals surface area contributed by atoms with Crippen molar-refractivity contribution < 1.29 is 9.21 Å². The van der Waals surface area contributed by atoms with Crippen molar-refractivity contribution in [3.05, 3.63) is 52.9 Å². The maximum Gasteiger partial charge on any atom is 0.239 e. The minimum atomic E-state index is -0.114. The third-order valence-corrected chi connectivity index (χ3v) is 4.93. The first-order chi connectivity index (χ1) is 13.1. The van der Waals surface area contributed by atoms with E-state index in [0.717, 1.165) is 29.7 Å². The molecule has 1 atom stereocenters. The van der Waals surface area contributed by atoms with Gasteiger partial charge in [0.15, 0.2) is 5.96 Å².